The molecule has 0 spiro atoms. The zero-order valence-electron chi connectivity index (χ0n) is 18.8. The first-order valence-corrected chi connectivity index (χ1v) is 13.6. The lowest BCUT2D eigenvalue weighted by Crippen LogP contribution is -2.67. The van der Waals surface area contributed by atoms with Crippen LogP contribution in [-0.4, -0.2) is 73.2 Å². The summed E-state index contributed by atoms with van der Waals surface area (Å²) >= 11 is 0. The highest BCUT2D eigenvalue weighted by atomic mass is 32.2. The minimum Gasteiger partial charge on any atom is -0.335 e. The predicted octanol–water partition coefficient (Wildman–Crippen LogP) is 2.07. The van der Waals surface area contributed by atoms with E-state index in [2.05, 4.69) is 4.72 Å². The van der Waals surface area contributed by atoms with Crippen LogP contribution in [0.4, 0.5) is 4.39 Å². The first kappa shape index (κ1) is 23.0. The molecule has 4 rings (SSSR count). The molecule has 9 heteroatoms. The Bertz CT molecular complexity index is 818. The van der Waals surface area contributed by atoms with Crippen LogP contribution in [0.5, 0.6) is 0 Å². The fourth-order valence-electron chi connectivity index (χ4n) is 6.43. The molecule has 1 heterocycles. The molecule has 1 N–H and O–H groups in total. The van der Waals surface area contributed by atoms with Crippen LogP contribution in [0.2, 0.25) is 0 Å². The molecule has 31 heavy (non-hydrogen) atoms. The highest BCUT2D eigenvalue weighted by Gasteiger charge is 2.50. The standard InChI is InChI=1S/C22H36FN3O4S/c1-13-12-25(22(28)15-4-5-15)21-11-17(7-9-20(21)26(13)14(2)27)16-6-8-19(18(23)10-16)24-31(3,29)30/h13,15-21,24H,4-12H2,1-3H3/t13-,16?,17?,18?,19?,20?,21?/m0/s1. The first-order chi connectivity index (χ1) is 14.5. The van der Waals surface area contributed by atoms with Crippen molar-refractivity contribution in [2.24, 2.45) is 17.8 Å². The Morgan fingerprint density at radius 2 is 1.61 bits per heavy atom. The molecule has 2 amide bonds. The topological polar surface area (TPSA) is 86.8 Å². The molecule has 0 radical (unpaired) electrons. The van der Waals surface area contributed by atoms with E-state index in [1.807, 2.05) is 16.7 Å². The number of amides is 2. The summed E-state index contributed by atoms with van der Waals surface area (Å²) in [6.45, 7) is 4.22. The number of alkyl halides is 1. The monoisotopic (exact) mass is 457 g/mol. The van der Waals surface area contributed by atoms with Crippen LogP contribution in [0.25, 0.3) is 0 Å². The van der Waals surface area contributed by atoms with Gasteiger partial charge in [-0.25, -0.2) is 17.5 Å². The minimum absolute atomic E-state index is 0.0110. The maximum atomic E-state index is 14.8. The lowest BCUT2D eigenvalue weighted by atomic mass is 9.68. The highest BCUT2D eigenvalue weighted by molar-refractivity contribution is 7.88. The largest absolute Gasteiger partial charge is 0.335 e. The summed E-state index contributed by atoms with van der Waals surface area (Å²) in [7, 11) is -3.43. The molecule has 3 aliphatic carbocycles. The van der Waals surface area contributed by atoms with E-state index >= 15 is 0 Å². The molecule has 7 nitrogen and oxygen atoms in total. The molecule has 6 unspecified atom stereocenters. The molecule has 4 fully saturated rings. The highest BCUT2D eigenvalue weighted by Crippen LogP contribution is 2.44. The molecule has 3 saturated carbocycles. The second-order valence-electron chi connectivity index (χ2n) is 10.3. The van der Waals surface area contributed by atoms with E-state index in [-0.39, 0.29) is 41.8 Å². The quantitative estimate of drug-likeness (QED) is 0.700. The Hall–Kier alpha value is -1.22. The molecular weight excluding hydrogens is 421 g/mol. The van der Waals surface area contributed by atoms with Gasteiger partial charge in [-0.2, -0.15) is 0 Å². The summed E-state index contributed by atoms with van der Waals surface area (Å²) in [6, 6.07) is -0.563. The van der Waals surface area contributed by atoms with Crippen LogP contribution in [0.1, 0.15) is 65.2 Å². The number of fused-ring (bicyclic) bond motifs is 1. The van der Waals surface area contributed by atoms with E-state index in [0.29, 0.717) is 25.3 Å². The van der Waals surface area contributed by atoms with Crippen molar-refractivity contribution in [1.82, 2.24) is 14.5 Å². The van der Waals surface area contributed by atoms with Gasteiger partial charge in [0.1, 0.15) is 6.17 Å². The van der Waals surface area contributed by atoms with E-state index in [9.17, 15) is 22.4 Å². The van der Waals surface area contributed by atoms with E-state index in [1.165, 1.54) is 0 Å². The van der Waals surface area contributed by atoms with E-state index in [0.717, 1.165) is 44.8 Å². The van der Waals surface area contributed by atoms with Gasteiger partial charge in [0, 0.05) is 25.4 Å². The summed E-state index contributed by atoms with van der Waals surface area (Å²) < 4.78 is 40.3. The molecular formula is C22H36FN3O4S. The third-order valence-corrected chi connectivity index (χ3v) is 8.66. The molecule has 4 aliphatic rings. The number of hydrogen-bond acceptors (Lipinski definition) is 4. The summed E-state index contributed by atoms with van der Waals surface area (Å²) in [5.41, 5.74) is 0. The Morgan fingerprint density at radius 3 is 2.19 bits per heavy atom. The van der Waals surface area contributed by atoms with Gasteiger partial charge >= 0.3 is 0 Å². The summed E-state index contributed by atoms with van der Waals surface area (Å²) in [5.74, 6) is 0.933. The zero-order chi connectivity index (χ0) is 22.5. The fourth-order valence-corrected chi connectivity index (χ4v) is 7.24. The van der Waals surface area contributed by atoms with Crippen LogP contribution in [0.15, 0.2) is 0 Å². The van der Waals surface area contributed by atoms with Gasteiger partial charge < -0.3 is 9.80 Å². The molecule has 1 aliphatic heterocycles. The summed E-state index contributed by atoms with van der Waals surface area (Å²) in [5, 5.41) is 0. The maximum absolute atomic E-state index is 14.8. The number of nitrogens with zero attached hydrogens (tertiary/aromatic N) is 2. The predicted molar refractivity (Wildman–Crippen MR) is 115 cm³/mol. The Morgan fingerprint density at radius 1 is 0.968 bits per heavy atom. The number of carbonyl (C=O) groups is 2. The fraction of sp³-hybridized carbons (Fsp3) is 0.909. The van der Waals surface area contributed by atoms with Crippen molar-refractivity contribution >= 4 is 21.8 Å². The van der Waals surface area contributed by atoms with E-state index in [1.54, 1.807) is 6.92 Å². The first-order valence-electron chi connectivity index (χ1n) is 11.8. The van der Waals surface area contributed by atoms with Gasteiger partial charge in [0.05, 0.1) is 24.4 Å². The van der Waals surface area contributed by atoms with Gasteiger partial charge in [-0.1, -0.05) is 0 Å². The average Bonchev–Trinajstić information content (AvgIpc) is 3.52. The number of piperazine rings is 1. The number of hydrogen-bond donors (Lipinski definition) is 1. The van der Waals surface area contributed by atoms with Gasteiger partial charge in [-0.05, 0) is 70.1 Å². The SMILES string of the molecule is CC(=O)N1C2CCC(C3CCC(NS(C)(=O)=O)C(F)C3)CC2N(C(=O)C2CC2)C[C@@H]1C. The molecule has 1 saturated heterocycles. The van der Waals surface area contributed by atoms with Gasteiger partial charge in [0.25, 0.3) is 0 Å². The van der Waals surface area contributed by atoms with Crippen LogP contribution in [0.3, 0.4) is 0 Å². The Balaban J connectivity index is 1.47. The number of rotatable bonds is 4. The number of sulfonamides is 1. The zero-order valence-corrected chi connectivity index (χ0v) is 19.6. The molecule has 0 bridgehead atoms. The smallest absolute Gasteiger partial charge is 0.226 e. The molecule has 0 aromatic heterocycles. The van der Waals surface area contributed by atoms with Crippen molar-refractivity contribution in [3.8, 4) is 0 Å². The van der Waals surface area contributed by atoms with Crippen molar-refractivity contribution in [1.29, 1.82) is 0 Å². The number of carbonyl (C=O) groups excluding carboxylic acids is 2. The minimum atomic E-state index is -3.43. The molecule has 0 aromatic rings. The van der Waals surface area contributed by atoms with Gasteiger partial charge in [0.2, 0.25) is 21.8 Å². The number of halogens is 1. The van der Waals surface area contributed by atoms with Crippen molar-refractivity contribution < 1.29 is 22.4 Å². The summed E-state index contributed by atoms with van der Waals surface area (Å²) in [6.07, 6.45) is 6.03. The van der Waals surface area contributed by atoms with Crippen LogP contribution < -0.4 is 4.72 Å². The lowest BCUT2D eigenvalue weighted by molar-refractivity contribution is -0.155. The third kappa shape index (κ3) is 4.92. The van der Waals surface area contributed by atoms with Crippen molar-refractivity contribution in [2.45, 2.75) is 95.6 Å². The van der Waals surface area contributed by atoms with Crippen LogP contribution in [-0.2, 0) is 19.6 Å². The third-order valence-electron chi connectivity index (χ3n) is 7.93. The lowest BCUT2D eigenvalue weighted by Gasteiger charge is -2.55. The van der Waals surface area contributed by atoms with E-state index < -0.39 is 22.2 Å². The second kappa shape index (κ2) is 8.61. The van der Waals surface area contributed by atoms with Gasteiger partial charge in [-0.15, -0.1) is 0 Å². The maximum Gasteiger partial charge on any atom is 0.226 e. The van der Waals surface area contributed by atoms with Crippen LogP contribution >= 0.6 is 0 Å². The van der Waals surface area contributed by atoms with Gasteiger partial charge in [-0.3, -0.25) is 9.59 Å². The Labute approximate surface area is 185 Å². The normalized spacial score (nSPS) is 39.2. The van der Waals surface area contributed by atoms with Crippen molar-refractivity contribution in [3.05, 3.63) is 0 Å². The summed E-state index contributed by atoms with van der Waals surface area (Å²) in [4.78, 5) is 29.4. The molecule has 176 valence electrons. The number of nitrogens with one attached hydrogen (secondary N) is 1. The second-order valence-corrected chi connectivity index (χ2v) is 12.1. The van der Waals surface area contributed by atoms with Gasteiger partial charge in [0.15, 0.2) is 0 Å². The van der Waals surface area contributed by atoms with Crippen molar-refractivity contribution in [2.75, 3.05) is 12.8 Å². The molecule has 0 aromatic carbocycles. The Kier molecular flexibility index (Phi) is 6.38. The van der Waals surface area contributed by atoms with Crippen molar-refractivity contribution in [3.63, 3.8) is 0 Å². The average molecular weight is 458 g/mol. The van der Waals surface area contributed by atoms with Crippen LogP contribution in [0, 0.1) is 17.8 Å². The molecule has 7 atom stereocenters. The van der Waals surface area contributed by atoms with E-state index in [4.69, 9.17) is 0 Å².